The van der Waals surface area contributed by atoms with Crippen molar-refractivity contribution in [1.82, 2.24) is 10.2 Å². The van der Waals surface area contributed by atoms with Gasteiger partial charge in [-0.25, -0.2) is 0 Å². The molecule has 29 heavy (non-hydrogen) atoms. The van der Waals surface area contributed by atoms with Crippen molar-refractivity contribution >= 4 is 17.5 Å². The molecule has 0 aliphatic carbocycles. The third kappa shape index (κ3) is 4.89. The lowest BCUT2D eigenvalue weighted by atomic mass is 10.1. The summed E-state index contributed by atoms with van der Waals surface area (Å²) in [7, 11) is 4.74. The van der Waals surface area contributed by atoms with Crippen LogP contribution in [0.2, 0.25) is 0 Å². The lowest BCUT2D eigenvalue weighted by molar-refractivity contribution is 0.0987. The molecular weight excluding hydrogens is 392 g/mol. The van der Waals surface area contributed by atoms with Crippen molar-refractivity contribution in [1.29, 1.82) is 0 Å². The van der Waals surface area contributed by atoms with Crippen LogP contribution in [0.15, 0.2) is 52.1 Å². The zero-order valence-electron chi connectivity index (χ0n) is 16.7. The second-order valence-corrected chi connectivity index (χ2v) is 7.24. The number of hydrogen-bond acceptors (Lipinski definition) is 8. The molecular formula is C21H22N2O5S. The van der Waals surface area contributed by atoms with E-state index < -0.39 is 0 Å². The van der Waals surface area contributed by atoms with E-state index in [-0.39, 0.29) is 11.0 Å². The molecule has 0 fully saturated rings. The zero-order chi connectivity index (χ0) is 20.8. The predicted molar refractivity (Wildman–Crippen MR) is 110 cm³/mol. The van der Waals surface area contributed by atoms with E-state index in [0.29, 0.717) is 45.9 Å². The summed E-state index contributed by atoms with van der Waals surface area (Å²) in [4.78, 5) is 12.8. The van der Waals surface area contributed by atoms with Crippen molar-refractivity contribution in [2.75, 3.05) is 21.3 Å². The fourth-order valence-corrected chi connectivity index (χ4v) is 3.56. The van der Waals surface area contributed by atoms with E-state index in [1.807, 2.05) is 6.92 Å². The van der Waals surface area contributed by atoms with E-state index in [4.69, 9.17) is 18.6 Å². The predicted octanol–water partition coefficient (Wildman–Crippen LogP) is 4.52. The first-order valence-electron chi connectivity index (χ1n) is 8.99. The van der Waals surface area contributed by atoms with Crippen LogP contribution in [0.1, 0.15) is 23.7 Å². The summed E-state index contributed by atoms with van der Waals surface area (Å²) in [5, 5.41) is 8.18. The van der Waals surface area contributed by atoms with Crippen LogP contribution in [0.25, 0.3) is 11.5 Å². The van der Waals surface area contributed by atoms with Gasteiger partial charge in [0.2, 0.25) is 5.89 Å². The Labute approximate surface area is 173 Å². The van der Waals surface area contributed by atoms with Gasteiger partial charge < -0.3 is 18.6 Å². The second-order valence-electron chi connectivity index (χ2n) is 6.08. The average molecular weight is 414 g/mol. The molecule has 2 aromatic carbocycles. The third-order valence-electron chi connectivity index (χ3n) is 4.29. The lowest BCUT2D eigenvalue weighted by Crippen LogP contribution is -2.16. The number of carbonyl (C=O) groups excluding carboxylic acids is 1. The number of rotatable bonds is 9. The summed E-state index contributed by atoms with van der Waals surface area (Å²) < 4.78 is 21.5. The first kappa shape index (κ1) is 20.7. The minimum Gasteiger partial charge on any atom is -0.497 e. The van der Waals surface area contributed by atoms with Crippen LogP contribution in [0.5, 0.6) is 17.2 Å². The number of ketones is 1. The van der Waals surface area contributed by atoms with E-state index in [9.17, 15) is 4.79 Å². The quantitative estimate of drug-likeness (QED) is 0.373. The van der Waals surface area contributed by atoms with Crippen molar-refractivity contribution in [3.8, 4) is 28.7 Å². The molecule has 0 radical (unpaired) electrons. The van der Waals surface area contributed by atoms with Crippen LogP contribution in [0.4, 0.5) is 0 Å². The monoisotopic (exact) mass is 414 g/mol. The highest BCUT2D eigenvalue weighted by molar-refractivity contribution is 8.00. The molecule has 1 aromatic heterocycles. The zero-order valence-corrected chi connectivity index (χ0v) is 17.5. The van der Waals surface area contributed by atoms with Crippen molar-refractivity contribution in [3.05, 3.63) is 48.0 Å². The molecule has 0 aliphatic heterocycles. The Kier molecular flexibility index (Phi) is 6.77. The molecule has 0 aliphatic rings. The largest absolute Gasteiger partial charge is 0.497 e. The molecule has 152 valence electrons. The van der Waals surface area contributed by atoms with E-state index >= 15 is 0 Å². The number of Topliss-reactive ketones (excluding diaryl/α,β-unsaturated/α-hetero) is 1. The highest BCUT2D eigenvalue weighted by atomic mass is 32.2. The van der Waals surface area contributed by atoms with Gasteiger partial charge >= 0.3 is 0 Å². The second kappa shape index (κ2) is 9.47. The van der Waals surface area contributed by atoms with Crippen molar-refractivity contribution in [2.24, 2.45) is 0 Å². The van der Waals surface area contributed by atoms with E-state index in [1.165, 1.54) is 11.8 Å². The van der Waals surface area contributed by atoms with Gasteiger partial charge in [0, 0.05) is 17.2 Å². The van der Waals surface area contributed by atoms with Crippen LogP contribution in [0.3, 0.4) is 0 Å². The van der Waals surface area contributed by atoms with Gasteiger partial charge in [0.15, 0.2) is 5.78 Å². The molecule has 7 nitrogen and oxygen atoms in total. The molecule has 0 saturated carbocycles. The van der Waals surface area contributed by atoms with E-state index in [0.717, 1.165) is 0 Å². The summed E-state index contributed by atoms with van der Waals surface area (Å²) in [5.74, 6) is 2.28. The average Bonchev–Trinajstić information content (AvgIpc) is 3.25. The Morgan fingerprint density at radius 3 is 2.14 bits per heavy atom. The van der Waals surface area contributed by atoms with Crippen LogP contribution >= 0.6 is 11.8 Å². The molecule has 1 heterocycles. The smallest absolute Gasteiger partial charge is 0.277 e. The number of hydrogen-bond donors (Lipinski definition) is 0. The number of thioether (sulfide) groups is 1. The maximum Gasteiger partial charge on any atom is 0.277 e. The Morgan fingerprint density at radius 1 is 0.966 bits per heavy atom. The summed E-state index contributed by atoms with van der Waals surface area (Å²) in [6.45, 7) is 1.95. The molecule has 1 atom stereocenters. The number of nitrogens with zero attached hydrogens (tertiary/aromatic N) is 2. The summed E-state index contributed by atoms with van der Waals surface area (Å²) in [6, 6.07) is 12.4. The van der Waals surface area contributed by atoms with Crippen molar-refractivity contribution in [2.45, 2.75) is 23.8 Å². The molecule has 0 saturated heterocycles. The molecule has 3 rings (SSSR count). The number of benzene rings is 2. The van der Waals surface area contributed by atoms with Gasteiger partial charge in [-0.2, -0.15) is 0 Å². The molecule has 0 spiro atoms. The van der Waals surface area contributed by atoms with Gasteiger partial charge in [-0.1, -0.05) is 18.7 Å². The van der Waals surface area contributed by atoms with Gasteiger partial charge in [0.1, 0.15) is 17.2 Å². The third-order valence-corrected chi connectivity index (χ3v) is 5.48. The summed E-state index contributed by atoms with van der Waals surface area (Å²) >= 11 is 1.25. The molecule has 0 N–H and O–H groups in total. The van der Waals surface area contributed by atoms with E-state index in [2.05, 4.69) is 10.2 Å². The van der Waals surface area contributed by atoms with Gasteiger partial charge in [-0.05, 0) is 42.8 Å². The fraction of sp³-hybridized carbons (Fsp3) is 0.286. The molecule has 1 unspecified atom stereocenters. The van der Waals surface area contributed by atoms with Gasteiger partial charge in [0.05, 0.1) is 26.6 Å². The molecule has 0 amide bonds. The van der Waals surface area contributed by atoms with Crippen molar-refractivity contribution < 1.29 is 23.4 Å². The maximum absolute atomic E-state index is 12.8. The van der Waals surface area contributed by atoms with Gasteiger partial charge in [0.25, 0.3) is 5.22 Å². The number of methoxy groups -OCH3 is 3. The van der Waals surface area contributed by atoms with Crippen LogP contribution in [-0.4, -0.2) is 42.6 Å². The van der Waals surface area contributed by atoms with Crippen LogP contribution < -0.4 is 14.2 Å². The van der Waals surface area contributed by atoms with E-state index in [1.54, 1.807) is 63.8 Å². The fourth-order valence-electron chi connectivity index (χ4n) is 2.69. The topological polar surface area (TPSA) is 83.7 Å². The Bertz CT molecular complexity index is 949. The Balaban J connectivity index is 1.78. The lowest BCUT2D eigenvalue weighted by Gasteiger charge is -2.11. The van der Waals surface area contributed by atoms with Crippen LogP contribution in [0, 0.1) is 0 Å². The summed E-state index contributed by atoms with van der Waals surface area (Å²) in [6.07, 6.45) is 0.625. The number of ether oxygens (including phenoxy) is 3. The summed E-state index contributed by atoms with van der Waals surface area (Å²) in [5.41, 5.74) is 1.29. The number of aromatic nitrogens is 2. The minimum absolute atomic E-state index is 0.00273. The maximum atomic E-state index is 12.8. The standard InChI is InChI=1S/C21H22N2O5S/c1-5-18(19(24)13-6-8-15(25-2)9-7-13)29-21-23-22-20(28-21)14-10-16(26-3)12-17(11-14)27-4/h6-12,18H,5H2,1-4H3. The molecule has 8 heteroatoms. The highest BCUT2D eigenvalue weighted by Gasteiger charge is 2.23. The van der Waals surface area contributed by atoms with Crippen LogP contribution in [-0.2, 0) is 0 Å². The Hall–Kier alpha value is -3.00. The molecule has 3 aromatic rings. The normalized spacial score (nSPS) is 11.7. The molecule has 0 bridgehead atoms. The number of carbonyl (C=O) groups is 1. The van der Waals surface area contributed by atoms with Gasteiger partial charge in [-0.15, -0.1) is 10.2 Å². The SMILES string of the molecule is CCC(Sc1nnc(-c2cc(OC)cc(OC)c2)o1)C(=O)c1ccc(OC)cc1. The highest BCUT2D eigenvalue weighted by Crippen LogP contribution is 2.33. The Morgan fingerprint density at radius 2 is 1.59 bits per heavy atom. The van der Waals surface area contributed by atoms with Crippen molar-refractivity contribution in [3.63, 3.8) is 0 Å². The minimum atomic E-state index is -0.337. The van der Waals surface area contributed by atoms with Gasteiger partial charge in [-0.3, -0.25) is 4.79 Å². The first-order valence-corrected chi connectivity index (χ1v) is 9.87. The first-order chi connectivity index (χ1) is 14.1.